The third-order valence-electron chi connectivity index (χ3n) is 3.91. The molecule has 0 bridgehead atoms. The molecule has 1 amide bonds. The minimum Gasteiger partial charge on any atom is -0.444 e. The summed E-state index contributed by atoms with van der Waals surface area (Å²) in [6.45, 7) is 9.20. The molecular weight excluding hydrogens is 280 g/mol. The fraction of sp³-hybridized carbons (Fsp3) is 0.750. The van der Waals surface area contributed by atoms with Crippen LogP contribution in [-0.4, -0.2) is 34.1 Å². The lowest BCUT2D eigenvalue weighted by Crippen LogP contribution is -2.45. The molecule has 1 unspecified atom stereocenters. The van der Waals surface area contributed by atoms with Crippen molar-refractivity contribution in [3.63, 3.8) is 0 Å². The smallest absolute Gasteiger partial charge is 0.407 e. The molecule has 2 N–H and O–H groups in total. The standard InChI is InChI=1S/C16H28N4O2/c1-11-13(9-18-20(11)5)8-17-10-14(12-6-7-12)19-15(21)22-16(2,3)4/h9,12,14,17H,6-8,10H2,1-5H3,(H,19,21). The molecule has 6 nitrogen and oxygen atoms in total. The highest BCUT2D eigenvalue weighted by Crippen LogP contribution is 2.32. The summed E-state index contributed by atoms with van der Waals surface area (Å²) in [4.78, 5) is 11.9. The van der Waals surface area contributed by atoms with Crippen molar-refractivity contribution in [3.8, 4) is 0 Å². The van der Waals surface area contributed by atoms with Crippen molar-refractivity contribution in [2.75, 3.05) is 6.54 Å². The number of carbonyl (C=O) groups is 1. The van der Waals surface area contributed by atoms with E-state index in [-0.39, 0.29) is 12.1 Å². The molecule has 6 heteroatoms. The second-order valence-corrected chi connectivity index (χ2v) is 7.10. The molecule has 1 aliphatic carbocycles. The first kappa shape index (κ1) is 16.8. The van der Waals surface area contributed by atoms with Crippen LogP contribution in [0, 0.1) is 12.8 Å². The number of aromatic nitrogens is 2. The Bertz CT molecular complexity index is 515. The van der Waals surface area contributed by atoms with E-state index in [1.807, 2.05) is 38.7 Å². The molecule has 1 fully saturated rings. The summed E-state index contributed by atoms with van der Waals surface area (Å²) in [5.41, 5.74) is 1.89. The first-order valence-corrected chi connectivity index (χ1v) is 7.94. The number of alkyl carbamates (subject to hydrolysis) is 1. The highest BCUT2D eigenvalue weighted by atomic mass is 16.6. The van der Waals surface area contributed by atoms with Crippen molar-refractivity contribution in [2.45, 2.75) is 58.7 Å². The summed E-state index contributed by atoms with van der Waals surface area (Å²) < 4.78 is 7.21. The molecule has 0 radical (unpaired) electrons. The van der Waals surface area contributed by atoms with Crippen molar-refractivity contribution in [2.24, 2.45) is 13.0 Å². The Morgan fingerprint density at radius 2 is 2.18 bits per heavy atom. The van der Waals surface area contributed by atoms with Gasteiger partial charge < -0.3 is 15.4 Å². The van der Waals surface area contributed by atoms with Crippen molar-refractivity contribution in [1.29, 1.82) is 0 Å². The average molecular weight is 308 g/mol. The van der Waals surface area contributed by atoms with Crippen LogP contribution in [0.2, 0.25) is 0 Å². The summed E-state index contributed by atoms with van der Waals surface area (Å²) in [5, 5.41) is 10.7. The maximum Gasteiger partial charge on any atom is 0.407 e. The molecule has 22 heavy (non-hydrogen) atoms. The Kier molecular flexibility index (Phi) is 5.11. The van der Waals surface area contributed by atoms with Gasteiger partial charge in [0.05, 0.1) is 6.20 Å². The van der Waals surface area contributed by atoms with Gasteiger partial charge in [-0.2, -0.15) is 5.10 Å². The SMILES string of the molecule is Cc1c(CNCC(NC(=O)OC(C)(C)C)C2CC2)cnn1C. The Labute approximate surface area is 132 Å². The highest BCUT2D eigenvalue weighted by molar-refractivity contribution is 5.68. The van der Waals surface area contributed by atoms with E-state index in [4.69, 9.17) is 4.74 Å². The monoisotopic (exact) mass is 308 g/mol. The molecule has 124 valence electrons. The first-order valence-electron chi connectivity index (χ1n) is 7.94. The normalized spacial score (nSPS) is 16.4. The van der Waals surface area contributed by atoms with Crippen LogP contribution >= 0.6 is 0 Å². The molecule has 0 saturated heterocycles. The molecule has 1 aliphatic rings. The Morgan fingerprint density at radius 3 is 2.68 bits per heavy atom. The van der Waals surface area contributed by atoms with Gasteiger partial charge in [-0.3, -0.25) is 4.68 Å². The zero-order valence-electron chi connectivity index (χ0n) is 14.3. The first-order chi connectivity index (χ1) is 10.3. The molecule has 0 aliphatic heterocycles. The third-order valence-corrected chi connectivity index (χ3v) is 3.91. The number of hydrogen-bond acceptors (Lipinski definition) is 4. The molecule has 2 rings (SSSR count). The van der Waals surface area contributed by atoms with E-state index in [9.17, 15) is 4.79 Å². The zero-order chi connectivity index (χ0) is 16.3. The predicted octanol–water partition coefficient (Wildman–Crippen LogP) is 2.12. The van der Waals surface area contributed by atoms with Crippen molar-refractivity contribution in [1.82, 2.24) is 20.4 Å². The van der Waals surface area contributed by atoms with Crippen LogP contribution in [0.3, 0.4) is 0 Å². The number of rotatable bonds is 6. The molecular formula is C16H28N4O2. The third kappa shape index (κ3) is 5.02. The largest absolute Gasteiger partial charge is 0.444 e. The summed E-state index contributed by atoms with van der Waals surface area (Å²) in [7, 11) is 1.94. The van der Waals surface area contributed by atoms with E-state index in [1.165, 1.54) is 18.4 Å². The molecule has 1 aromatic rings. The van der Waals surface area contributed by atoms with Gasteiger partial charge in [0.15, 0.2) is 0 Å². The quantitative estimate of drug-likeness (QED) is 0.844. The van der Waals surface area contributed by atoms with Gasteiger partial charge in [-0.25, -0.2) is 4.79 Å². The van der Waals surface area contributed by atoms with Crippen molar-refractivity contribution < 1.29 is 9.53 Å². The van der Waals surface area contributed by atoms with E-state index < -0.39 is 5.60 Å². The van der Waals surface area contributed by atoms with E-state index in [0.29, 0.717) is 5.92 Å². The summed E-state index contributed by atoms with van der Waals surface area (Å²) in [5.74, 6) is 0.565. The van der Waals surface area contributed by atoms with Gasteiger partial charge in [0, 0.05) is 37.4 Å². The number of hydrogen-bond donors (Lipinski definition) is 2. The van der Waals surface area contributed by atoms with Crippen LogP contribution in [0.15, 0.2) is 6.20 Å². The molecule has 0 spiro atoms. The number of ether oxygens (including phenoxy) is 1. The number of carbonyl (C=O) groups excluding carboxylic acids is 1. The van der Waals surface area contributed by atoms with Crippen LogP contribution < -0.4 is 10.6 Å². The zero-order valence-corrected chi connectivity index (χ0v) is 14.3. The molecule has 1 saturated carbocycles. The van der Waals surface area contributed by atoms with Crippen LogP contribution in [0.25, 0.3) is 0 Å². The fourth-order valence-corrected chi connectivity index (χ4v) is 2.37. The number of nitrogens with zero attached hydrogens (tertiary/aromatic N) is 2. The lowest BCUT2D eigenvalue weighted by Gasteiger charge is -2.24. The van der Waals surface area contributed by atoms with E-state index in [0.717, 1.165) is 18.8 Å². The van der Waals surface area contributed by atoms with E-state index in [2.05, 4.69) is 22.7 Å². The minimum absolute atomic E-state index is 0.131. The van der Waals surface area contributed by atoms with Crippen molar-refractivity contribution >= 4 is 6.09 Å². The average Bonchev–Trinajstić information content (AvgIpc) is 3.17. The van der Waals surface area contributed by atoms with Gasteiger partial charge in [0.1, 0.15) is 5.60 Å². The maximum absolute atomic E-state index is 11.9. The topological polar surface area (TPSA) is 68.2 Å². The molecule has 1 heterocycles. The highest BCUT2D eigenvalue weighted by Gasteiger charge is 2.33. The van der Waals surface area contributed by atoms with Gasteiger partial charge >= 0.3 is 6.09 Å². The van der Waals surface area contributed by atoms with E-state index >= 15 is 0 Å². The minimum atomic E-state index is -0.460. The molecule has 1 atom stereocenters. The lowest BCUT2D eigenvalue weighted by molar-refractivity contribution is 0.0497. The van der Waals surface area contributed by atoms with Crippen LogP contribution in [-0.2, 0) is 18.3 Å². The second kappa shape index (κ2) is 6.69. The van der Waals surface area contributed by atoms with E-state index in [1.54, 1.807) is 0 Å². The van der Waals surface area contributed by atoms with Gasteiger partial charge in [0.25, 0.3) is 0 Å². The molecule has 1 aromatic heterocycles. The predicted molar refractivity (Wildman–Crippen MR) is 85.5 cm³/mol. The van der Waals surface area contributed by atoms with Crippen LogP contribution in [0.1, 0.15) is 44.9 Å². The van der Waals surface area contributed by atoms with Crippen LogP contribution in [0.5, 0.6) is 0 Å². The Balaban J connectivity index is 1.80. The van der Waals surface area contributed by atoms with Gasteiger partial charge in [0.2, 0.25) is 0 Å². The van der Waals surface area contributed by atoms with Crippen molar-refractivity contribution in [3.05, 3.63) is 17.5 Å². The maximum atomic E-state index is 11.9. The van der Waals surface area contributed by atoms with Gasteiger partial charge in [-0.1, -0.05) is 0 Å². The summed E-state index contributed by atoms with van der Waals surface area (Å²) in [6.07, 6.45) is 3.90. The second-order valence-electron chi connectivity index (χ2n) is 7.10. The molecule has 0 aromatic carbocycles. The summed E-state index contributed by atoms with van der Waals surface area (Å²) in [6, 6.07) is 0.131. The number of amides is 1. The fourth-order valence-electron chi connectivity index (χ4n) is 2.37. The number of nitrogens with one attached hydrogen (secondary N) is 2. The lowest BCUT2D eigenvalue weighted by atomic mass is 10.1. The van der Waals surface area contributed by atoms with Gasteiger partial charge in [-0.15, -0.1) is 0 Å². The van der Waals surface area contributed by atoms with Crippen LogP contribution in [0.4, 0.5) is 4.79 Å². The summed E-state index contributed by atoms with van der Waals surface area (Å²) >= 11 is 0. The Hall–Kier alpha value is -1.56. The Morgan fingerprint density at radius 1 is 1.50 bits per heavy atom. The van der Waals surface area contributed by atoms with Gasteiger partial charge in [-0.05, 0) is 46.5 Å². The number of aryl methyl sites for hydroxylation is 1.